The zero-order chi connectivity index (χ0) is 10.4. The first kappa shape index (κ1) is 8.80. The summed E-state index contributed by atoms with van der Waals surface area (Å²) in [7, 11) is 3.84. The number of aryl methyl sites for hydroxylation is 1. The molecular formula is C12H14N2O. The van der Waals surface area contributed by atoms with Crippen molar-refractivity contribution < 1.29 is 4.74 Å². The van der Waals surface area contributed by atoms with Gasteiger partial charge in [0.2, 0.25) is 0 Å². The molecule has 78 valence electrons. The minimum Gasteiger partial charge on any atom is -0.495 e. The maximum absolute atomic E-state index is 5.40. The molecule has 3 rings (SSSR count). The van der Waals surface area contributed by atoms with Crippen molar-refractivity contribution in [2.75, 3.05) is 7.11 Å². The Morgan fingerprint density at radius 2 is 2.20 bits per heavy atom. The van der Waals surface area contributed by atoms with E-state index in [2.05, 4.69) is 29.1 Å². The number of methoxy groups -OCH3 is 1. The third-order valence-corrected chi connectivity index (χ3v) is 3.23. The van der Waals surface area contributed by atoms with Gasteiger partial charge in [0.15, 0.2) is 0 Å². The number of rotatable bonds is 1. The number of hydrogen-bond donors (Lipinski definition) is 1. The molecule has 0 unspecified atom stereocenters. The summed E-state index contributed by atoms with van der Waals surface area (Å²) in [5, 5.41) is 4.69. The smallest absolute Gasteiger partial charge is 0.143 e. The zero-order valence-corrected chi connectivity index (χ0v) is 9.00. The number of nitrogens with one attached hydrogen (secondary N) is 1. The van der Waals surface area contributed by atoms with E-state index in [-0.39, 0.29) is 0 Å². The normalized spacial score (nSPS) is 14.5. The van der Waals surface area contributed by atoms with Crippen LogP contribution in [0.5, 0.6) is 5.75 Å². The fraction of sp³-hybridized carbons (Fsp3) is 0.333. The highest BCUT2D eigenvalue weighted by molar-refractivity contribution is 5.90. The van der Waals surface area contributed by atoms with Gasteiger partial charge < -0.3 is 14.6 Å². The SMILES string of the molecule is COc1cccc2c3c(n(C)c12)CNC3. The Morgan fingerprint density at radius 1 is 1.33 bits per heavy atom. The molecule has 0 atom stereocenters. The Bertz CT molecular complexity index is 528. The molecule has 0 aliphatic carbocycles. The van der Waals surface area contributed by atoms with Crippen LogP contribution in [0.4, 0.5) is 0 Å². The van der Waals surface area contributed by atoms with Crippen LogP contribution in [-0.4, -0.2) is 11.7 Å². The molecule has 0 amide bonds. The molecule has 1 aliphatic rings. The summed E-state index contributed by atoms with van der Waals surface area (Å²) < 4.78 is 7.64. The lowest BCUT2D eigenvalue weighted by Crippen LogP contribution is -2.05. The zero-order valence-electron chi connectivity index (χ0n) is 9.00. The molecule has 1 aromatic carbocycles. The largest absolute Gasteiger partial charge is 0.495 e. The van der Waals surface area contributed by atoms with Crippen molar-refractivity contribution in [2.45, 2.75) is 13.1 Å². The van der Waals surface area contributed by atoms with Crippen LogP contribution in [0.3, 0.4) is 0 Å². The van der Waals surface area contributed by atoms with Crippen molar-refractivity contribution in [3.63, 3.8) is 0 Å². The lowest BCUT2D eigenvalue weighted by Gasteiger charge is -2.06. The van der Waals surface area contributed by atoms with Crippen LogP contribution in [0, 0.1) is 0 Å². The van der Waals surface area contributed by atoms with E-state index in [0.29, 0.717) is 0 Å². The van der Waals surface area contributed by atoms with Gasteiger partial charge in [-0.1, -0.05) is 12.1 Å². The number of para-hydroxylation sites is 1. The molecule has 2 heterocycles. The van der Waals surface area contributed by atoms with E-state index in [9.17, 15) is 0 Å². The first-order chi connectivity index (χ1) is 7.33. The van der Waals surface area contributed by atoms with Crippen molar-refractivity contribution in [1.29, 1.82) is 0 Å². The molecule has 1 N–H and O–H groups in total. The van der Waals surface area contributed by atoms with Crippen LogP contribution in [0.15, 0.2) is 18.2 Å². The highest BCUT2D eigenvalue weighted by atomic mass is 16.5. The summed E-state index contributed by atoms with van der Waals surface area (Å²) in [5.41, 5.74) is 4.02. The van der Waals surface area contributed by atoms with Gasteiger partial charge in [0, 0.05) is 31.2 Å². The van der Waals surface area contributed by atoms with Crippen molar-refractivity contribution in [3.8, 4) is 5.75 Å². The van der Waals surface area contributed by atoms with Gasteiger partial charge in [-0.3, -0.25) is 0 Å². The van der Waals surface area contributed by atoms with E-state index < -0.39 is 0 Å². The molecule has 3 nitrogen and oxygen atoms in total. The first-order valence-electron chi connectivity index (χ1n) is 5.17. The van der Waals surface area contributed by atoms with Crippen LogP contribution >= 0.6 is 0 Å². The Morgan fingerprint density at radius 3 is 3.00 bits per heavy atom. The second-order valence-corrected chi connectivity index (χ2v) is 3.94. The summed E-state index contributed by atoms with van der Waals surface area (Å²) in [6, 6.07) is 6.24. The van der Waals surface area contributed by atoms with Crippen LogP contribution in [0.2, 0.25) is 0 Å². The topological polar surface area (TPSA) is 26.2 Å². The van der Waals surface area contributed by atoms with Crippen molar-refractivity contribution in [3.05, 3.63) is 29.5 Å². The predicted molar refractivity (Wildman–Crippen MR) is 60.0 cm³/mol. The molecule has 3 heteroatoms. The van der Waals surface area contributed by atoms with Gasteiger partial charge in [-0.2, -0.15) is 0 Å². The van der Waals surface area contributed by atoms with E-state index in [0.717, 1.165) is 18.8 Å². The number of fused-ring (bicyclic) bond motifs is 3. The number of hydrogen-bond acceptors (Lipinski definition) is 2. The maximum Gasteiger partial charge on any atom is 0.143 e. The van der Waals surface area contributed by atoms with Crippen LogP contribution < -0.4 is 10.1 Å². The van der Waals surface area contributed by atoms with E-state index in [4.69, 9.17) is 4.74 Å². The van der Waals surface area contributed by atoms with Gasteiger partial charge in [-0.05, 0) is 11.6 Å². The predicted octanol–water partition coefficient (Wildman–Crippen LogP) is 1.79. The second kappa shape index (κ2) is 3.00. The van der Waals surface area contributed by atoms with Crippen LogP contribution in [0.25, 0.3) is 10.9 Å². The summed E-state index contributed by atoms with van der Waals surface area (Å²) >= 11 is 0. The molecule has 2 aromatic rings. The molecule has 1 aliphatic heterocycles. The molecule has 0 saturated carbocycles. The summed E-state index contributed by atoms with van der Waals surface area (Å²) in [4.78, 5) is 0. The van der Waals surface area contributed by atoms with Gasteiger partial charge >= 0.3 is 0 Å². The van der Waals surface area contributed by atoms with Crippen LogP contribution in [0.1, 0.15) is 11.3 Å². The fourth-order valence-electron chi connectivity index (χ4n) is 2.50. The van der Waals surface area contributed by atoms with Gasteiger partial charge in [0.25, 0.3) is 0 Å². The average molecular weight is 202 g/mol. The minimum absolute atomic E-state index is 0.962. The van der Waals surface area contributed by atoms with Gasteiger partial charge in [0.1, 0.15) is 5.75 Å². The maximum atomic E-state index is 5.40. The molecule has 1 aromatic heterocycles. The van der Waals surface area contributed by atoms with Crippen molar-refractivity contribution in [2.24, 2.45) is 7.05 Å². The third kappa shape index (κ3) is 1.04. The molecular weight excluding hydrogens is 188 g/mol. The van der Waals surface area contributed by atoms with Gasteiger partial charge in [-0.25, -0.2) is 0 Å². The number of benzene rings is 1. The van der Waals surface area contributed by atoms with Gasteiger partial charge in [-0.15, -0.1) is 0 Å². The standard InChI is InChI=1S/C12H14N2O/c1-14-10-7-13-6-9(10)8-4-3-5-11(15-2)12(8)14/h3-5,13H,6-7H2,1-2H3. The highest BCUT2D eigenvalue weighted by Gasteiger charge is 2.20. The summed E-state index contributed by atoms with van der Waals surface area (Å²) in [6.45, 7) is 1.93. The summed E-state index contributed by atoms with van der Waals surface area (Å²) in [6.07, 6.45) is 0. The van der Waals surface area contributed by atoms with Crippen molar-refractivity contribution >= 4 is 10.9 Å². The lowest BCUT2D eigenvalue weighted by molar-refractivity contribution is 0.417. The van der Waals surface area contributed by atoms with Crippen molar-refractivity contribution in [1.82, 2.24) is 9.88 Å². The Kier molecular flexibility index (Phi) is 1.76. The van der Waals surface area contributed by atoms with E-state index >= 15 is 0 Å². The Balaban J connectivity index is 2.44. The quantitative estimate of drug-likeness (QED) is 0.763. The molecule has 0 spiro atoms. The molecule has 0 fully saturated rings. The first-order valence-corrected chi connectivity index (χ1v) is 5.17. The monoisotopic (exact) mass is 202 g/mol. The number of aromatic nitrogens is 1. The van der Waals surface area contributed by atoms with Crippen LogP contribution in [-0.2, 0) is 20.1 Å². The summed E-state index contributed by atoms with van der Waals surface area (Å²) in [5.74, 6) is 0.962. The molecule has 0 radical (unpaired) electrons. The van der Waals surface area contributed by atoms with E-state index in [1.165, 1.54) is 22.2 Å². The van der Waals surface area contributed by atoms with Gasteiger partial charge in [0.05, 0.1) is 12.6 Å². The number of ether oxygens (including phenoxy) is 1. The lowest BCUT2D eigenvalue weighted by atomic mass is 10.1. The Hall–Kier alpha value is -1.48. The fourth-order valence-corrected chi connectivity index (χ4v) is 2.50. The molecule has 0 saturated heterocycles. The number of nitrogens with zero attached hydrogens (tertiary/aromatic N) is 1. The third-order valence-electron chi connectivity index (χ3n) is 3.23. The highest BCUT2D eigenvalue weighted by Crippen LogP contribution is 2.33. The Labute approximate surface area is 88.6 Å². The molecule has 15 heavy (non-hydrogen) atoms. The minimum atomic E-state index is 0.962. The second-order valence-electron chi connectivity index (χ2n) is 3.94. The van der Waals surface area contributed by atoms with E-state index in [1.54, 1.807) is 7.11 Å². The average Bonchev–Trinajstić information content (AvgIpc) is 2.83. The molecule has 0 bridgehead atoms. The van der Waals surface area contributed by atoms with E-state index in [1.807, 2.05) is 6.07 Å².